The van der Waals surface area contributed by atoms with E-state index in [2.05, 4.69) is 5.10 Å². The Hall–Kier alpha value is -2.35. The largest absolute Gasteiger partial charge is 0.487 e. The van der Waals surface area contributed by atoms with Crippen molar-refractivity contribution in [3.8, 4) is 11.8 Å². The number of ether oxygens (including phenoxy) is 1. The molecule has 0 aromatic heterocycles. The summed E-state index contributed by atoms with van der Waals surface area (Å²) < 4.78 is 5.28. The molecule has 0 saturated heterocycles. The summed E-state index contributed by atoms with van der Waals surface area (Å²) in [5, 5.41) is 18.8. The quantitative estimate of drug-likeness (QED) is 0.431. The number of rotatable bonds is 4. The average Bonchev–Trinajstić information content (AvgIpc) is 2.31. The van der Waals surface area contributed by atoms with Gasteiger partial charge in [0.05, 0.1) is 11.6 Å². The zero-order valence-electron chi connectivity index (χ0n) is 7.97. The zero-order valence-corrected chi connectivity index (χ0v) is 7.97. The summed E-state index contributed by atoms with van der Waals surface area (Å²) in [6.45, 7) is 0.145. The molecule has 0 spiro atoms. The highest BCUT2D eigenvalue weighted by atomic mass is 16.5. The summed E-state index contributed by atoms with van der Waals surface area (Å²) in [4.78, 5) is 0. The third-order valence-corrected chi connectivity index (χ3v) is 1.70. The Morgan fingerprint density at radius 1 is 1.53 bits per heavy atom. The molecule has 1 aromatic carbocycles. The molecule has 0 heterocycles. The second-order valence-corrected chi connectivity index (χ2v) is 2.69. The number of benzene rings is 1. The van der Waals surface area contributed by atoms with Crippen LogP contribution < -0.4 is 10.6 Å². The van der Waals surface area contributed by atoms with E-state index in [9.17, 15) is 0 Å². The van der Waals surface area contributed by atoms with E-state index < -0.39 is 0 Å². The summed E-state index contributed by atoms with van der Waals surface area (Å²) in [5.74, 6) is 5.62. The van der Waals surface area contributed by atoms with Gasteiger partial charge >= 0.3 is 0 Å². The highest BCUT2D eigenvalue weighted by molar-refractivity contribution is 6.30. The molecule has 0 unspecified atom stereocenters. The Labute approximate surface area is 87.3 Å². The maximum Gasteiger partial charge on any atom is 0.133 e. The van der Waals surface area contributed by atoms with Crippen molar-refractivity contribution in [2.45, 2.75) is 0 Å². The highest BCUT2D eigenvalue weighted by Gasteiger charge is 1.97. The molecule has 0 atom stereocenters. The lowest BCUT2D eigenvalue weighted by Gasteiger charge is -2.04. The average molecular weight is 202 g/mol. The molecule has 5 heteroatoms. The van der Waals surface area contributed by atoms with Gasteiger partial charge in [-0.25, -0.2) is 0 Å². The lowest BCUT2D eigenvalue weighted by atomic mass is 10.2. The van der Waals surface area contributed by atoms with Crippen molar-refractivity contribution in [2.24, 2.45) is 10.9 Å². The number of nitriles is 1. The molecule has 0 bridgehead atoms. The molecule has 3 N–H and O–H groups in total. The normalized spacial score (nSPS) is 10.5. The Balaban J connectivity index is 2.59. The van der Waals surface area contributed by atoms with Crippen molar-refractivity contribution in [1.29, 1.82) is 10.7 Å². The van der Waals surface area contributed by atoms with Gasteiger partial charge in [-0.1, -0.05) is 0 Å². The summed E-state index contributed by atoms with van der Waals surface area (Å²) in [6.07, 6.45) is 1.03. The van der Waals surface area contributed by atoms with Gasteiger partial charge in [-0.15, -0.1) is 0 Å². The van der Waals surface area contributed by atoms with Crippen LogP contribution in [0.1, 0.15) is 5.56 Å². The maximum atomic E-state index is 8.57. The van der Waals surface area contributed by atoms with Crippen LogP contribution in [0.3, 0.4) is 0 Å². The van der Waals surface area contributed by atoms with Gasteiger partial charge in [0.1, 0.15) is 18.1 Å². The van der Waals surface area contributed by atoms with Gasteiger partial charge < -0.3 is 16.0 Å². The zero-order chi connectivity index (χ0) is 11.1. The SMILES string of the molecule is N#Cc1ccc(OC/C(C=N)=N/N)cc1. The van der Waals surface area contributed by atoms with Crippen LogP contribution in [0.5, 0.6) is 5.75 Å². The molecule has 5 nitrogen and oxygen atoms in total. The smallest absolute Gasteiger partial charge is 0.133 e. The van der Waals surface area contributed by atoms with E-state index in [1.54, 1.807) is 24.3 Å². The van der Waals surface area contributed by atoms with Crippen molar-refractivity contribution >= 4 is 11.9 Å². The van der Waals surface area contributed by atoms with Gasteiger partial charge in [0.2, 0.25) is 0 Å². The molecule has 0 amide bonds. The van der Waals surface area contributed by atoms with Gasteiger partial charge in [-0.2, -0.15) is 10.4 Å². The predicted molar refractivity (Wildman–Crippen MR) is 57.1 cm³/mol. The molecule has 15 heavy (non-hydrogen) atoms. The molecule has 76 valence electrons. The van der Waals surface area contributed by atoms with Crippen LogP contribution in [-0.4, -0.2) is 18.5 Å². The van der Waals surface area contributed by atoms with E-state index in [0.717, 1.165) is 6.21 Å². The summed E-state index contributed by atoms with van der Waals surface area (Å²) in [5.41, 5.74) is 0.918. The number of nitrogens with one attached hydrogen (secondary N) is 1. The third kappa shape index (κ3) is 3.12. The van der Waals surface area contributed by atoms with E-state index in [4.69, 9.17) is 21.3 Å². The standard InChI is InChI=1S/C10H10N4O/c11-5-8-1-3-10(4-2-8)15-7-9(6-12)14-13/h1-4,6,12H,7,13H2/b12-6?,14-9+. The lowest BCUT2D eigenvalue weighted by Crippen LogP contribution is -2.14. The van der Waals surface area contributed by atoms with E-state index in [0.29, 0.717) is 17.0 Å². The van der Waals surface area contributed by atoms with Crippen LogP contribution in [0.15, 0.2) is 29.4 Å². The molecule has 0 radical (unpaired) electrons. The molecule has 0 fully saturated rings. The fourth-order valence-corrected chi connectivity index (χ4v) is 0.899. The molecule has 0 saturated carbocycles. The molecule has 0 aliphatic rings. The first kappa shape index (κ1) is 10.7. The molecular formula is C10H10N4O. The van der Waals surface area contributed by atoms with E-state index in [1.165, 1.54) is 0 Å². The number of nitrogens with zero attached hydrogens (tertiary/aromatic N) is 2. The summed E-state index contributed by atoms with van der Waals surface area (Å²) in [7, 11) is 0. The Kier molecular flexibility index (Phi) is 3.86. The van der Waals surface area contributed by atoms with Gasteiger partial charge in [0.15, 0.2) is 0 Å². The van der Waals surface area contributed by atoms with Crippen LogP contribution >= 0.6 is 0 Å². The maximum absolute atomic E-state index is 8.57. The second kappa shape index (κ2) is 5.40. The van der Waals surface area contributed by atoms with Gasteiger partial charge in [0.25, 0.3) is 0 Å². The van der Waals surface area contributed by atoms with Gasteiger partial charge in [-0.05, 0) is 24.3 Å². The summed E-state index contributed by atoms with van der Waals surface area (Å²) in [6, 6.07) is 8.66. The Morgan fingerprint density at radius 2 is 2.20 bits per heavy atom. The fourth-order valence-electron chi connectivity index (χ4n) is 0.899. The van der Waals surface area contributed by atoms with Crippen LogP contribution in [0.25, 0.3) is 0 Å². The van der Waals surface area contributed by atoms with Crippen molar-refractivity contribution in [2.75, 3.05) is 6.61 Å². The number of hydrazone groups is 1. The highest BCUT2D eigenvalue weighted by Crippen LogP contribution is 2.11. The minimum Gasteiger partial charge on any atom is -0.487 e. The van der Waals surface area contributed by atoms with E-state index in [-0.39, 0.29) is 6.61 Å². The molecular weight excluding hydrogens is 192 g/mol. The number of hydrogen-bond acceptors (Lipinski definition) is 5. The fraction of sp³-hybridized carbons (Fsp3) is 0.100. The van der Waals surface area contributed by atoms with E-state index >= 15 is 0 Å². The van der Waals surface area contributed by atoms with Gasteiger partial charge in [0, 0.05) is 6.21 Å². The number of nitrogens with two attached hydrogens (primary N) is 1. The van der Waals surface area contributed by atoms with Crippen molar-refractivity contribution in [3.05, 3.63) is 29.8 Å². The molecule has 0 aliphatic carbocycles. The Morgan fingerprint density at radius 3 is 2.67 bits per heavy atom. The third-order valence-electron chi connectivity index (χ3n) is 1.70. The van der Waals surface area contributed by atoms with Crippen LogP contribution in [-0.2, 0) is 0 Å². The summed E-state index contributed by atoms with van der Waals surface area (Å²) >= 11 is 0. The molecule has 1 rings (SSSR count). The van der Waals surface area contributed by atoms with Crippen molar-refractivity contribution in [1.82, 2.24) is 0 Å². The van der Waals surface area contributed by atoms with Gasteiger partial charge in [-0.3, -0.25) is 0 Å². The van der Waals surface area contributed by atoms with E-state index in [1.807, 2.05) is 6.07 Å². The first-order valence-electron chi connectivity index (χ1n) is 4.20. The predicted octanol–water partition coefficient (Wildman–Crippen LogP) is 0.901. The lowest BCUT2D eigenvalue weighted by molar-refractivity contribution is 0.378. The molecule has 0 aliphatic heterocycles. The first-order chi connectivity index (χ1) is 7.30. The minimum atomic E-state index is 0.145. The minimum absolute atomic E-state index is 0.145. The van der Waals surface area contributed by atoms with Crippen LogP contribution in [0, 0.1) is 16.7 Å². The van der Waals surface area contributed by atoms with Crippen LogP contribution in [0.2, 0.25) is 0 Å². The monoisotopic (exact) mass is 202 g/mol. The Bertz CT molecular complexity index is 402. The topological polar surface area (TPSA) is 95.2 Å². The van der Waals surface area contributed by atoms with Crippen molar-refractivity contribution in [3.63, 3.8) is 0 Å². The molecule has 1 aromatic rings. The second-order valence-electron chi connectivity index (χ2n) is 2.69. The first-order valence-corrected chi connectivity index (χ1v) is 4.20. The van der Waals surface area contributed by atoms with Crippen LogP contribution in [0.4, 0.5) is 0 Å². The van der Waals surface area contributed by atoms with Crippen molar-refractivity contribution < 1.29 is 4.74 Å². The number of hydrogen-bond donors (Lipinski definition) is 2.